The molecule has 168 valence electrons. The normalized spacial score (nSPS) is 15.6. The lowest BCUT2D eigenvalue weighted by Gasteiger charge is -2.37. The molecule has 0 spiro atoms. The highest BCUT2D eigenvalue weighted by Gasteiger charge is 2.33. The number of fused-ring (bicyclic) bond motifs is 2. The van der Waals surface area contributed by atoms with Crippen LogP contribution in [0.1, 0.15) is 11.6 Å². The number of anilines is 1. The van der Waals surface area contributed by atoms with Crippen LogP contribution in [0.4, 0.5) is 5.69 Å². The van der Waals surface area contributed by atoms with Crippen molar-refractivity contribution in [2.45, 2.75) is 17.5 Å². The topological polar surface area (TPSA) is 82.1 Å². The summed E-state index contributed by atoms with van der Waals surface area (Å²) in [5, 5.41) is -0.0208. The van der Waals surface area contributed by atoms with E-state index < -0.39 is 11.2 Å². The number of halogens is 1. The van der Waals surface area contributed by atoms with Gasteiger partial charge in [-0.15, -0.1) is 11.8 Å². The van der Waals surface area contributed by atoms with Crippen molar-refractivity contribution in [3.05, 3.63) is 86.3 Å². The maximum atomic E-state index is 13.8. The average Bonchev–Trinajstić information content (AvgIpc) is 3.17. The fraction of sp³-hybridized carbons (Fsp3) is 0.217. The number of benzene rings is 2. The first kappa shape index (κ1) is 21.5. The number of carbonyl (C=O) groups is 1. The standard InChI is InChI=1S/C23H20ClN5O3S/c1-26-20-19(21(31)27(2)23(26)32)28(22(24)25-20)12-18(30)29-15-10-6-7-11-17(15)33-13-16(29)14-8-4-3-5-9-14/h3-11,16H,12-13H2,1-2H3/t16-/m1/s1. The fourth-order valence-corrected chi connectivity index (χ4v) is 5.59. The highest BCUT2D eigenvalue weighted by Crippen LogP contribution is 2.43. The van der Waals surface area contributed by atoms with Crippen molar-refractivity contribution in [1.82, 2.24) is 18.7 Å². The van der Waals surface area contributed by atoms with Crippen LogP contribution in [0.25, 0.3) is 11.2 Å². The molecule has 1 aliphatic rings. The second-order valence-corrected chi connectivity index (χ2v) is 9.21. The molecule has 8 nitrogen and oxygen atoms in total. The third kappa shape index (κ3) is 3.48. The minimum atomic E-state index is -0.547. The first-order valence-electron chi connectivity index (χ1n) is 10.3. The molecular formula is C23H20ClN5O3S. The van der Waals surface area contributed by atoms with Crippen LogP contribution in [0.3, 0.4) is 0 Å². The first-order chi connectivity index (χ1) is 15.9. The lowest BCUT2D eigenvalue weighted by Crippen LogP contribution is -2.41. The lowest BCUT2D eigenvalue weighted by molar-refractivity contribution is -0.119. The van der Waals surface area contributed by atoms with E-state index in [1.54, 1.807) is 16.7 Å². The van der Waals surface area contributed by atoms with Gasteiger partial charge in [0.1, 0.15) is 6.54 Å². The van der Waals surface area contributed by atoms with Gasteiger partial charge in [0.05, 0.1) is 11.7 Å². The number of carbonyl (C=O) groups excluding carboxylic acids is 1. The SMILES string of the molecule is Cn1c(=O)c2c(nc(Cl)n2CC(=O)N2c3ccccc3SC[C@@H]2c2ccccc2)n(C)c1=O. The molecule has 2 aromatic carbocycles. The van der Waals surface area contributed by atoms with Crippen LogP contribution in [0.2, 0.25) is 5.28 Å². The molecule has 0 aliphatic carbocycles. The smallest absolute Gasteiger partial charge is 0.301 e. The third-order valence-electron chi connectivity index (χ3n) is 5.88. The highest BCUT2D eigenvalue weighted by molar-refractivity contribution is 7.99. The molecule has 0 bridgehead atoms. The Balaban J connectivity index is 1.63. The molecule has 5 rings (SSSR count). The van der Waals surface area contributed by atoms with Crippen molar-refractivity contribution < 1.29 is 4.79 Å². The van der Waals surface area contributed by atoms with E-state index in [9.17, 15) is 14.4 Å². The molecule has 1 aliphatic heterocycles. The number of hydrogen-bond acceptors (Lipinski definition) is 5. The van der Waals surface area contributed by atoms with Crippen LogP contribution in [-0.2, 0) is 25.4 Å². The minimum Gasteiger partial charge on any atom is -0.301 e. The summed E-state index contributed by atoms with van der Waals surface area (Å²) in [6.07, 6.45) is 0. The molecule has 4 aromatic rings. The van der Waals surface area contributed by atoms with Gasteiger partial charge in [0.15, 0.2) is 11.2 Å². The summed E-state index contributed by atoms with van der Waals surface area (Å²) in [4.78, 5) is 45.9. The van der Waals surface area contributed by atoms with Crippen LogP contribution >= 0.6 is 23.4 Å². The zero-order valence-corrected chi connectivity index (χ0v) is 19.5. The Labute approximate surface area is 198 Å². The van der Waals surface area contributed by atoms with Crippen molar-refractivity contribution in [2.24, 2.45) is 14.1 Å². The Morgan fingerprint density at radius 3 is 2.52 bits per heavy atom. The predicted octanol–water partition coefficient (Wildman–Crippen LogP) is 2.97. The largest absolute Gasteiger partial charge is 0.332 e. The quantitative estimate of drug-likeness (QED) is 0.420. The van der Waals surface area contributed by atoms with E-state index in [2.05, 4.69) is 4.98 Å². The summed E-state index contributed by atoms with van der Waals surface area (Å²) in [6.45, 7) is -0.189. The zero-order chi connectivity index (χ0) is 23.3. The van der Waals surface area contributed by atoms with Gasteiger partial charge in [0, 0.05) is 24.7 Å². The molecule has 0 fully saturated rings. The lowest BCUT2D eigenvalue weighted by atomic mass is 10.1. The fourth-order valence-electron chi connectivity index (χ4n) is 4.19. The number of hydrogen-bond donors (Lipinski definition) is 0. The summed E-state index contributed by atoms with van der Waals surface area (Å²) < 4.78 is 3.62. The monoisotopic (exact) mass is 481 g/mol. The molecule has 0 saturated carbocycles. The zero-order valence-electron chi connectivity index (χ0n) is 17.9. The van der Waals surface area contributed by atoms with E-state index in [-0.39, 0.29) is 34.9 Å². The molecule has 0 unspecified atom stereocenters. The second kappa shape index (κ2) is 8.24. The van der Waals surface area contributed by atoms with Crippen molar-refractivity contribution in [3.63, 3.8) is 0 Å². The maximum absolute atomic E-state index is 13.8. The molecule has 33 heavy (non-hydrogen) atoms. The highest BCUT2D eigenvalue weighted by atomic mass is 35.5. The van der Waals surface area contributed by atoms with Crippen LogP contribution in [0.15, 0.2) is 69.1 Å². The number of thioether (sulfide) groups is 1. The first-order valence-corrected chi connectivity index (χ1v) is 11.7. The molecule has 0 saturated heterocycles. The Morgan fingerprint density at radius 2 is 1.76 bits per heavy atom. The number of aryl methyl sites for hydroxylation is 1. The molecule has 0 N–H and O–H groups in total. The van der Waals surface area contributed by atoms with Gasteiger partial charge in [0.2, 0.25) is 11.2 Å². The second-order valence-electron chi connectivity index (χ2n) is 7.81. The van der Waals surface area contributed by atoms with Crippen LogP contribution in [0, 0.1) is 0 Å². The van der Waals surface area contributed by atoms with E-state index in [0.717, 1.165) is 20.7 Å². The Hall–Kier alpha value is -3.30. The van der Waals surface area contributed by atoms with E-state index in [1.165, 1.54) is 23.2 Å². The molecule has 1 atom stereocenters. The van der Waals surface area contributed by atoms with E-state index >= 15 is 0 Å². The van der Waals surface area contributed by atoms with Crippen molar-refractivity contribution in [1.29, 1.82) is 0 Å². The van der Waals surface area contributed by atoms with E-state index in [1.807, 2.05) is 54.6 Å². The summed E-state index contributed by atoms with van der Waals surface area (Å²) in [7, 11) is 2.91. The number of imidazole rings is 1. The van der Waals surface area contributed by atoms with Gasteiger partial charge < -0.3 is 4.90 Å². The van der Waals surface area contributed by atoms with Gasteiger partial charge in [-0.25, -0.2) is 4.79 Å². The number of nitrogens with zero attached hydrogens (tertiary/aromatic N) is 5. The molecule has 10 heteroatoms. The van der Waals surface area contributed by atoms with E-state index in [4.69, 9.17) is 11.6 Å². The van der Waals surface area contributed by atoms with Crippen molar-refractivity contribution >= 4 is 46.1 Å². The number of amides is 1. The summed E-state index contributed by atoms with van der Waals surface area (Å²) in [6, 6.07) is 17.4. The number of aromatic nitrogens is 4. The molecule has 0 radical (unpaired) electrons. The van der Waals surface area contributed by atoms with Crippen molar-refractivity contribution in [2.75, 3.05) is 10.7 Å². The number of para-hydroxylation sites is 1. The summed E-state index contributed by atoms with van der Waals surface area (Å²) in [5.74, 6) is 0.468. The van der Waals surface area contributed by atoms with Gasteiger partial charge in [-0.1, -0.05) is 42.5 Å². The molecule has 2 aromatic heterocycles. The Kier molecular flexibility index (Phi) is 5.38. The Morgan fingerprint density at radius 1 is 1.06 bits per heavy atom. The van der Waals surface area contributed by atoms with E-state index in [0.29, 0.717) is 5.75 Å². The molecular weight excluding hydrogens is 462 g/mol. The van der Waals surface area contributed by atoms with Gasteiger partial charge in [0.25, 0.3) is 5.56 Å². The van der Waals surface area contributed by atoms with Gasteiger partial charge >= 0.3 is 5.69 Å². The van der Waals surface area contributed by atoms with Crippen LogP contribution in [0.5, 0.6) is 0 Å². The van der Waals surface area contributed by atoms with Crippen molar-refractivity contribution in [3.8, 4) is 0 Å². The predicted molar refractivity (Wildman–Crippen MR) is 129 cm³/mol. The van der Waals surface area contributed by atoms with Gasteiger partial charge in [-0.05, 0) is 29.3 Å². The van der Waals surface area contributed by atoms with Crippen LogP contribution < -0.4 is 16.1 Å². The van der Waals surface area contributed by atoms with Gasteiger partial charge in [-0.3, -0.25) is 23.3 Å². The summed E-state index contributed by atoms with van der Waals surface area (Å²) in [5.41, 5.74) is 1.05. The molecule has 3 heterocycles. The third-order valence-corrected chi connectivity index (χ3v) is 7.31. The van der Waals surface area contributed by atoms with Crippen LogP contribution in [-0.4, -0.2) is 30.3 Å². The molecule has 1 amide bonds. The summed E-state index contributed by atoms with van der Waals surface area (Å²) >= 11 is 8.07. The number of rotatable bonds is 3. The maximum Gasteiger partial charge on any atom is 0.332 e. The average molecular weight is 482 g/mol. The Bertz CT molecular complexity index is 1510. The minimum absolute atomic E-state index is 0.0208. The van der Waals surface area contributed by atoms with Gasteiger partial charge in [-0.2, -0.15) is 4.98 Å².